The highest BCUT2D eigenvalue weighted by atomic mass is 16.3. The van der Waals surface area contributed by atoms with Crippen LogP contribution in [-0.4, -0.2) is 24.0 Å². The van der Waals surface area contributed by atoms with Gasteiger partial charge >= 0.3 is 0 Å². The number of rotatable bonds is 7. The van der Waals surface area contributed by atoms with E-state index in [1.54, 1.807) is 0 Å². The van der Waals surface area contributed by atoms with Crippen LogP contribution in [0, 0.1) is 12.8 Å². The average Bonchev–Trinajstić information content (AvgIpc) is 3.06. The lowest BCUT2D eigenvalue weighted by molar-refractivity contribution is 0.310. The Morgan fingerprint density at radius 2 is 2.20 bits per heavy atom. The molecule has 1 atom stereocenters. The van der Waals surface area contributed by atoms with Crippen molar-refractivity contribution < 1.29 is 4.42 Å². The van der Waals surface area contributed by atoms with E-state index in [1.165, 1.54) is 50.8 Å². The smallest absolute Gasteiger partial charge is 0.118 e. The fourth-order valence-electron chi connectivity index (χ4n) is 3.31. The Bertz CT molecular complexity index is 436. The third-order valence-electron chi connectivity index (χ3n) is 4.67. The zero-order valence-corrected chi connectivity index (χ0v) is 13.0. The van der Waals surface area contributed by atoms with Crippen LogP contribution in [-0.2, 0) is 13.1 Å². The molecule has 0 radical (unpaired) electrons. The molecule has 20 heavy (non-hydrogen) atoms. The molecule has 1 aromatic rings. The molecule has 1 unspecified atom stereocenters. The van der Waals surface area contributed by atoms with Crippen LogP contribution in [0.3, 0.4) is 0 Å². The molecule has 0 aromatic carbocycles. The highest BCUT2D eigenvalue weighted by Gasteiger charge is 2.23. The maximum atomic E-state index is 5.89. The number of furan rings is 1. The van der Waals surface area contributed by atoms with Crippen LogP contribution in [0.25, 0.3) is 0 Å². The van der Waals surface area contributed by atoms with Crippen molar-refractivity contribution in [1.82, 2.24) is 10.2 Å². The summed E-state index contributed by atoms with van der Waals surface area (Å²) < 4.78 is 5.89. The van der Waals surface area contributed by atoms with Gasteiger partial charge < -0.3 is 9.73 Å². The minimum atomic E-state index is 0.747. The lowest BCUT2D eigenvalue weighted by atomic mass is 10.0. The van der Waals surface area contributed by atoms with E-state index >= 15 is 0 Å². The molecular formula is C17H28N2O. The minimum absolute atomic E-state index is 0.747. The van der Waals surface area contributed by atoms with Gasteiger partial charge in [0.1, 0.15) is 11.5 Å². The van der Waals surface area contributed by atoms with Gasteiger partial charge in [-0.2, -0.15) is 0 Å². The van der Waals surface area contributed by atoms with Crippen molar-refractivity contribution in [3.63, 3.8) is 0 Å². The molecule has 0 spiro atoms. The summed E-state index contributed by atoms with van der Waals surface area (Å²) in [5, 5.41) is 3.52. The molecule has 0 amide bonds. The highest BCUT2D eigenvalue weighted by Crippen LogP contribution is 2.25. The largest absolute Gasteiger partial charge is 0.465 e. The van der Waals surface area contributed by atoms with E-state index in [0.717, 1.165) is 36.6 Å². The molecule has 1 aromatic heterocycles. The number of nitrogens with one attached hydrogen (secondary N) is 1. The first-order valence-corrected chi connectivity index (χ1v) is 8.28. The average molecular weight is 276 g/mol. The summed E-state index contributed by atoms with van der Waals surface area (Å²) in [6.45, 7) is 8.89. The SMILES string of the molecule is CCCC1CCN(Cc2cc(CNC3CC3)oc2C)C1. The standard InChI is InChI=1S/C17H28N2O/c1-3-4-14-7-8-19(11-14)12-15-9-17(20-13(15)2)10-18-16-5-6-16/h9,14,16,18H,3-8,10-12H2,1-2H3. The molecule has 1 N–H and O–H groups in total. The molecule has 1 saturated carbocycles. The number of hydrogen-bond acceptors (Lipinski definition) is 3. The second kappa shape index (κ2) is 6.31. The summed E-state index contributed by atoms with van der Waals surface area (Å²) in [4.78, 5) is 2.59. The second-order valence-corrected chi connectivity index (χ2v) is 6.63. The zero-order valence-electron chi connectivity index (χ0n) is 13.0. The first kappa shape index (κ1) is 14.2. The van der Waals surface area contributed by atoms with Crippen molar-refractivity contribution in [2.24, 2.45) is 5.92 Å². The molecule has 3 rings (SSSR count). The second-order valence-electron chi connectivity index (χ2n) is 6.63. The molecule has 2 aliphatic rings. The van der Waals surface area contributed by atoms with Gasteiger partial charge in [0.05, 0.1) is 6.54 Å². The molecule has 2 fully saturated rings. The molecule has 3 nitrogen and oxygen atoms in total. The maximum absolute atomic E-state index is 5.89. The van der Waals surface area contributed by atoms with Crippen molar-refractivity contribution >= 4 is 0 Å². The predicted octanol–water partition coefficient (Wildman–Crippen LogP) is 3.46. The molecule has 1 saturated heterocycles. The Hall–Kier alpha value is -0.800. The van der Waals surface area contributed by atoms with Crippen molar-refractivity contribution in [3.8, 4) is 0 Å². The predicted molar refractivity (Wildman–Crippen MR) is 81.6 cm³/mol. The molecule has 0 bridgehead atoms. The normalized spacial score (nSPS) is 23.6. The van der Waals surface area contributed by atoms with Gasteiger partial charge in [-0.25, -0.2) is 0 Å². The van der Waals surface area contributed by atoms with Crippen LogP contribution >= 0.6 is 0 Å². The van der Waals surface area contributed by atoms with Gasteiger partial charge in [-0.05, 0) is 51.1 Å². The molecule has 2 heterocycles. The minimum Gasteiger partial charge on any atom is -0.465 e. The van der Waals surface area contributed by atoms with E-state index in [9.17, 15) is 0 Å². The third kappa shape index (κ3) is 3.64. The lowest BCUT2D eigenvalue weighted by Crippen LogP contribution is -2.20. The van der Waals surface area contributed by atoms with Crippen LogP contribution in [0.4, 0.5) is 0 Å². The topological polar surface area (TPSA) is 28.4 Å². The monoisotopic (exact) mass is 276 g/mol. The van der Waals surface area contributed by atoms with Crippen LogP contribution in [0.1, 0.15) is 56.1 Å². The third-order valence-corrected chi connectivity index (χ3v) is 4.67. The molecule has 1 aliphatic carbocycles. The van der Waals surface area contributed by atoms with Gasteiger partial charge in [0, 0.05) is 24.7 Å². The Kier molecular flexibility index (Phi) is 4.47. The van der Waals surface area contributed by atoms with E-state index in [-0.39, 0.29) is 0 Å². The maximum Gasteiger partial charge on any atom is 0.118 e. The number of likely N-dealkylation sites (tertiary alicyclic amines) is 1. The van der Waals surface area contributed by atoms with E-state index in [1.807, 2.05) is 0 Å². The van der Waals surface area contributed by atoms with Crippen LogP contribution in [0.15, 0.2) is 10.5 Å². The summed E-state index contributed by atoms with van der Waals surface area (Å²) in [7, 11) is 0. The van der Waals surface area contributed by atoms with Crippen LogP contribution < -0.4 is 5.32 Å². The summed E-state index contributed by atoms with van der Waals surface area (Å²) in [5.74, 6) is 3.13. The van der Waals surface area contributed by atoms with Crippen molar-refractivity contribution in [1.29, 1.82) is 0 Å². The quantitative estimate of drug-likeness (QED) is 0.826. The Balaban J connectivity index is 1.51. The first-order valence-electron chi connectivity index (χ1n) is 8.28. The zero-order chi connectivity index (χ0) is 13.9. The van der Waals surface area contributed by atoms with Crippen molar-refractivity contribution in [2.45, 2.75) is 65.1 Å². The van der Waals surface area contributed by atoms with Gasteiger partial charge in [-0.1, -0.05) is 13.3 Å². The lowest BCUT2D eigenvalue weighted by Gasteiger charge is -2.15. The molecule has 3 heteroatoms. The molecular weight excluding hydrogens is 248 g/mol. The number of hydrogen-bond donors (Lipinski definition) is 1. The van der Waals surface area contributed by atoms with Gasteiger partial charge in [0.15, 0.2) is 0 Å². The summed E-state index contributed by atoms with van der Waals surface area (Å²) in [5.41, 5.74) is 1.38. The summed E-state index contributed by atoms with van der Waals surface area (Å²) in [6, 6.07) is 3.01. The van der Waals surface area contributed by atoms with Gasteiger partial charge in [0.25, 0.3) is 0 Å². The number of aryl methyl sites for hydroxylation is 1. The number of nitrogens with zero attached hydrogens (tertiary/aromatic N) is 1. The summed E-state index contributed by atoms with van der Waals surface area (Å²) >= 11 is 0. The fourth-order valence-corrected chi connectivity index (χ4v) is 3.31. The Labute approximate surface area is 122 Å². The van der Waals surface area contributed by atoms with E-state index < -0.39 is 0 Å². The van der Waals surface area contributed by atoms with Crippen molar-refractivity contribution in [2.75, 3.05) is 13.1 Å². The van der Waals surface area contributed by atoms with Crippen molar-refractivity contribution in [3.05, 3.63) is 23.2 Å². The Morgan fingerprint density at radius 1 is 1.35 bits per heavy atom. The van der Waals surface area contributed by atoms with E-state index in [2.05, 4.69) is 30.1 Å². The van der Waals surface area contributed by atoms with E-state index in [4.69, 9.17) is 4.42 Å². The molecule has 1 aliphatic heterocycles. The van der Waals surface area contributed by atoms with E-state index in [0.29, 0.717) is 0 Å². The summed E-state index contributed by atoms with van der Waals surface area (Å²) in [6.07, 6.45) is 6.75. The fraction of sp³-hybridized carbons (Fsp3) is 0.765. The van der Waals surface area contributed by atoms with Crippen LogP contribution in [0.2, 0.25) is 0 Å². The van der Waals surface area contributed by atoms with Gasteiger partial charge in [-0.3, -0.25) is 4.90 Å². The highest BCUT2D eigenvalue weighted by molar-refractivity contribution is 5.21. The Morgan fingerprint density at radius 3 is 2.95 bits per heavy atom. The van der Waals surface area contributed by atoms with Gasteiger partial charge in [-0.15, -0.1) is 0 Å². The molecule has 112 valence electrons. The first-order chi connectivity index (χ1) is 9.74. The van der Waals surface area contributed by atoms with Gasteiger partial charge in [0.2, 0.25) is 0 Å². The van der Waals surface area contributed by atoms with Crippen LogP contribution in [0.5, 0.6) is 0 Å².